The molecule has 2 amide bonds. The summed E-state index contributed by atoms with van der Waals surface area (Å²) in [6.45, 7) is 5.79. The second-order valence-electron chi connectivity index (χ2n) is 10.5. The van der Waals surface area contributed by atoms with Crippen molar-refractivity contribution in [3.8, 4) is 0 Å². The summed E-state index contributed by atoms with van der Waals surface area (Å²) in [5.74, 6) is -1.65. The average Bonchev–Trinajstić information content (AvgIpc) is 2.83. The smallest absolute Gasteiger partial charge is 0.328 e. The van der Waals surface area contributed by atoms with E-state index in [2.05, 4.69) is 17.6 Å². The summed E-state index contributed by atoms with van der Waals surface area (Å²) in [6, 6.07) is -2.06. The van der Waals surface area contributed by atoms with Crippen molar-refractivity contribution in [1.29, 1.82) is 0 Å². The van der Waals surface area contributed by atoms with Gasteiger partial charge in [-0.25, -0.2) is 4.79 Å². The minimum Gasteiger partial charge on any atom is -0.464 e. The summed E-state index contributed by atoms with van der Waals surface area (Å²) in [5.41, 5.74) is 0. The highest BCUT2D eigenvalue weighted by Gasteiger charge is 2.27. The van der Waals surface area contributed by atoms with E-state index in [4.69, 9.17) is 6.11 Å². The number of carbonyl (C=O) groups is 3. The molecule has 0 saturated heterocycles. The molecule has 0 saturated carbocycles. The Bertz CT molecular complexity index is 603. The lowest BCUT2D eigenvalue weighted by Crippen LogP contribution is -2.53. The molecular weight excluding hydrogens is 456 g/mol. The number of hydrogen-bond acceptors (Lipinski definition) is 5. The molecule has 212 valence electrons. The van der Waals surface area contributed by atoms with Gasteiger partial charge in [0.15, 0.2) is 0 Å². The standard InChI is InChI=1S/C29H56N2O5/c1-5-6-7-8-9-10-11-12-13-14-15-16-17-18-19-20-21-36-29(35)26(22-24(2)3)31-28(34)27(23-32)30-25(4)33/h24,26-27,32H,5-23H2,1-4H3,(H,30,33)(H,31,34)/t26-,27-/m0/s1/i21D/t21?,26-,27-. The van der Waals surface area contributed by atoms with Crippen LogP contribution in [-0.4, -0.2) is 48.2 Å². The van der Waals surface area contributed by atoms with Gasteiger partial charge >= 0.3 is 5.97 Å². The Balaban J connectivity index is 4.02. The van der Waals surface area contributed by atoms with E-state index in [0.29, 0.717) is 12.8 Å². The van der Waals surface area contributed by atoms with Crippen molar-refractivity contribution >= 4 is 17.8 Å². The molecule has 0 fully saturated rings. The number of esters is 1. The molecule has 1 unspecified atom stereocenters. The van der Waals surface area contributed by atoms with Gasteiger partial charge in [-0.3, -0.25) is 9.59 Å². The Morgan fingerprint density at radius 2 is 1.19 bits per heavy atom. The number of unbranched alkanes of at least 4 members (excludes halogenated alkanes) is 14. The normalized spacial score (nSPS) is 14.1. The van der Waals surface area contributed by atoms with Gasteiger partial charge in [-0.1, -0.05) is 117 Å². The third-order valence-corrected chi connectivity index (χ3v) is 6.31. The molecule has 0 aliphatic heterocycles. The zero-order valence-electron chi connectivity index (χ0n) is 24.6. The maximum Gasteiger partial charge on any atom is 0.328 e. The van der Waals surface area contributed by atoms with Gasteiger partial charge < -0.3 is 20.5 Å². The lowest BCUT2D eigenvalue weighted by Gasteiger charge is -2.22. The molecule has 7 nitrogen and oxygen atoms in total. The molecule has 7 heteroatoms. The lowest BCUT2D eigenvalue weighted by molar-refractivity contribution is -0.148. The van der Waals surface area contributed by atoms with Crippen molar-refractivity contribution in [1.82, 2.24) is 10.6 Å². The fourth-order valence-electron chi connectivity index (χ4n) is 4.22. The first-order chi connectivity index (χ1) is 17.7. The van der Waals surface area contributed by atoms with Crippen LogP contribution in [0.5, 0.6) is 0 Å². The van der Waals surface area contributed by atoms with Crippen molar-refractivity contribution < 1.29 is 25.6 Å². The second kappa shape index (κ2) is 23.7. The molecule has 0 spiro atoms. The number of rotatable bonds is 24. The second-order valence-corrected chi connectivity index (χ2v) is 10.5. The van der Waals surface area contributed by atoms with Gasteiger partial charge in [0.05, 0.1) is 14.6 Å². The number of carbonyl (C=O) groups excluding carboxylic acids is 3. The molecule has 0 radical (unpaired) electrons. The lowest BCUT2D eigenvalue weighted by atomic mass is 10.0. The van der Waals surface area contributed by atoms with Crippen LogP contribution in [0.1, 0.15) is 138 Å². The maximum atomic E-state index is 12.6. The van der Waals surface area contributed by atoms with Crippen LogP contribution in [0.15, 0.2) is 0 Å². The Kier molecular flexibility index (Phi) is 21.4. The topological polar surface area (TPSA) is 105 Å². The molecule has 0 heterocycles. The van der Waals surface area contributed by atoms with Gasteiger partial charge in [0, 0.05) is 6.92 Å². The Morgan fingerprint density at radius 3 is 1.58 bits per heavy atom. The number of nitrogens with one attached hydrogen (secondary N) is 2. The van der Waals surface area contributed by atoms with E-state index in [-0.39, 0.29) is 5.92 Å². The minimum atomic E-state index is -1.13. The zero-order valence-corrected chi connectivity index (χ0v) is 23.6. The Hall–Kier alpha value is -1.63. The number of aliphatic hydroxyl groups is 1. The number of hydrogen-bond donors (Lipinski definition) is 3. The highest BCUT2D eigenvalue weighted by Crippen LogP contribution is 2.14. The molecule has 0 aliphatic carbocycles. The highest BCUT2D eigenvalue weighted by atomic mass is 16.5. The van der Waals surface area contributed by atoms with Crippen molar-refractivity contribution in [3.63, 3.8) is 0 Å². The average molecular weight is 514 g/mol. The molecule has 0 bridgehead atoms. The van der Waals surface area contributed by atoms with E-state index < -0.39 is 43.1 Å². The summed E-state index contributed by atoms with van der Waals surface area (Å²) in [7, 11) is 0. The monoisotopic (exact) mass is 513 g/mol. The molecular formula is C29H56N2O5. The van der Waals surface area contributed by atoms with Gasteiger partial charge in [0.25, 0.3) is 0 Å². The van der Waals surface area contributed by atoms with Gasteiger partial charge in [0.2, 0.25) is 11.8 Å². The molecule has 3 atom stereocenters. The highest BCUT2D eigenvalue weighted by molar-refractivity contribution is 5.90. The first-order valence-electron chi connectivity index (χ1n) is 15.1. The summed E-state index contributed by atoms with van der Waals surface area (Å²) in [5, 5.41) is 14.3. The number of amides is 2. The van der Waals surface area contributed by atoms with Crippen molar-refractivity contribution in [2.75, 3.05) is 13.2 Å². The summed E-state index contributed by atoms with van der Waals surface area (Å²) in [6.07, 6.45) is 19.9. The quantitative estimate of drug-likeness (QED) is 0.111. The molecule has 3 N–H and O–H groups in total. The van der Waals surface area contributed by atoms with Crippen molar-refractivity contribution in [2.24, 2.45) is 5.92 Å². The number of ether oxygens (including phenoxy) is 1. The van der Waals surface area contributed by atoms with Crippen LogP contribution in [0.25, 0.3) is 0 Å². The van der Waals surface area contributed by atoms with Crippen LogP contribution in [0.3, 0.4) is 0 Å². The predicted molar refractivity (Wildman–Crippen MR) is 147 cm³/mol. The van der Waals surface area contributed by atoms with Crippen LogP contribution >= 0.6 is 0 Å². The van der Waals surface area contributed by atoms with E-state index >= 15 is 0 Å². The van der Waals surface area contributed by atoms with Crippen LogP contribution in [0, 0.1) is 5.92 Å². The van der Waals surface area contributed by atoms with Crippen LogP contribution in [0.2, 0.25) is 0 Å². The number of aliphatic hydroxyl groups excluding tert-OH is 1. The predicted octanol–water partition coefficient (Wildman–Crippen LogP) is 5.82. The minimum absolute atomic E-state index is 0.103. The fraction of sp³-hybridized carbons (Fsp3) is 0.897. The van der Waals surface area contributed by atoms with Crippen LogP contribution in [-0.2, 0) is 19.1 Å². The van der Waals surface area contributed by atoms with Crippen LogP contribution in [0.4, 0.5) is 0 Å². The largest absolute Gasteiger partial charge is 0.464 e. The third kappa shape index (κ3) is 20.6. The van der Waals surface area contributed by atoms with Crippen molar-refractivity contribution in [3.05, 3.63) is 0 Å². The van der Waals surface area contributed by atoms with Gasteiger partial charge in [-0.15, -0.1) is 0 Å². The van der Waals surface area contributed by atoms with Crippen molar-refractivity contribution in [2.45, 2.75) is 149 Å². The molecule has 0 aromatic carbocycles. The third-order valence-electron chi connectivity index (χ3n) is 6.31. The molecule has 36 heavy (non-hydrogen) atoms. The summed E-state index contributed by atoms with van der Waals surface area (Å²) < 4.78 is 13.4. The van der Waals surface area contributed by atoms with Gasteiger partial charge in [-0.05, 0) is 18.8 Å². The first kappa shape index (κ1) is 32.4. The summed E-state index contributed by atoms with van der Waals surface area (Å²) >= 11 is 0. The molecule has 0 aromatic rings. The van der Waals surface area contributed by atoms with E-state index in [1.807, 2.05) is 13.8 Å². The van der Waals surface area contributed by atoms with E-state index in [1.165, 1.54) is 84.0 Å². The Morgan fingerprint density at radius 1 is 0.750 bits per heavy atom. The van der Waals surface area contributed by atoms with Crippen LogP contribution < -0.4 is 10.6 Å². The maximum absolute atomic E-state index is 12.6. The van der Waals surface area contributed by atoms with E-state index in [1.54, 1.807) is 0 Å². The SMILES string of the molecule is [2H]C(CCCCCCCCCCCCCCCCC)OC(=O)[C@H](CC(C)C)NC(=O)[C@H](CO)NC(C)=O. The molecule has 0 aromatic heterocycles. The van der Waals surface area contributed by atoms with Gasteiger partial charge in [-0.2, -0.15) is 0 Å². The van der Waals surface area contributed by atoms with Gasteiger partial charge in [0.1, 0.15) is 12.1 Å². The fourth-order valence-corrected chi connectivity index (χ4v) is 4.22. The first-order valence-corrected chi connectivity index (χ1v) is 14.5. The van der Waals surface area contributed by atoms with E-state index in [0.717, 1.165) is 19.3 Å². The molecule has 0 aliphatic rings. The Labute approximate surface area is 222 Å². The van der Waals surface area contributed by atoms with E-state index in [9.17, 15) is 19.5 Å². The summed E-state index contributed by atoms with van der Waals surface area (Å²) in [4.78, 5) is 36.2. The molecule has 0 rings (SSSR count). The zero-order chi connectivity index (χ0) is 27.9.